The zero-order valence-electron chi connectivity index (χ0n) is 10.6. The molecule has 0 unspecified atom stereocenters. The molecule has 0 fully saturated rings. The molecule has 0 aliphatic rings. The van der Waals surface area contributed by atoms with Crippen LogP contribution < -0.4 is 10.5 Å². The second-order valence-corrected chi connectivity index (χ2v) is 5.84. The number of nitrogens with two attached hydrogens (primary N) is 1. The highest BCUT2D eigenvalue weighted by Crippen LogP contribution is 2.23. The van der Waals surface area contributed by atoms with Crippen molar-refractivity contribution in [1.82, 2.24) is 0 Å². The van der Waals surface area contributed by atoms with Gasteiger partial charge in [-0.25, -0.2) is 21.6 Å². The summed E-state index contributed by atoms with van der Waals surface area (Å²) in [7, 11) is -4.25. The van der Waals surface area contributed by atoms with Crippen LogP contribution in [0.1, 0.15) is 5.56 Å². The molecule has 0 saturated carbocycles. The Morgan fingerprint density at radius 3 is 2.24 bits per heavy atom. The van der Waals surface area contributed by atoms with Crippen LogP contribution in [0.15, 0.2) is 41.3 Å². The van der Waals surface area contributed by atoms with Crippen LogP contribution in [0.25, 0.3) is 0 Å². The van der Waals surface area contributed by atoms with E-state index in [4.69, 9.17) is 5.73 Å². The number of hydrogen-bond donors (Lipinski definition) is 2. The van der Waals surface area contributed by atoms with E-state index in [9.17, 15) is 21.6 Å². The van der Waals surface area contributed by atoms with Gasteiger partial charge in [-0.2, -0.15) is 0 Å². The van der Waals surface area contributed by atoms with E-state index >= 15 is 0 Å². The third-order valence-electron chi connectivity index (χ3n) is 2.71. The van der Waals surface area contributed by atoms with E-state index in [-0.39, 0.29) is 12.1 Å². The molecule has 0 bridgehead atoms. The van der Waals surface area contributed by atoms with Crippen LogP contribution >= 0.6 is 0 Å². The monoisotopic (exact) mass is 316 g/mol. The lowest BCUT2D eigenvalue weighted by molar-refractivity contribution is 0.581. The molecule has 0 aromatic heterocycles. The average molecular weight is 316 g/mol. The summed E-state index contributed by atoms with van der Waals surface area (Å²) in [5.41, 5.74) is 5.13. The van der Waals surface area contributed by atoms with Gasteiger partial charge in [0, 0.05) is 12.6 Å². The van der Waals surface area contributed by atoms with E-state index < -0.39 is 38.1 Å². The van der Waals surface area contributed by atoms with Gasteiger partial charge in [0.05, 0.1) is 10.6 Å². The van der Waals surface area contributed by atoms with Gasteiger partial charge in [-0.15, -0.1) is 0 Å². The van der Waals surface area contributed by atoms with Crippen molar-refractivity contribution < 1.29 is 21.6 Å². The number of hydrogen-bond acceptors (Lipinski definition) is 3. The molecule has 0 radical (unpaired) electrons. The molecule has 0 aliphatic carbocycles. The highest BCUT2D eigenvalue weighted by Gasteiger charge is 2.20. The number of sulfonamides is 1. The third-order valence-corrected chi connectivity index (χ3v) is 4.16. The maximum absolute atomic E-state index is 13.5. The van der Waals surface area contributed by atoms with Crippen molar-refractivity contribution >= 4 is 15.7 Å². The molecule has 21 heavy (non-hydrogen) atoms. The van der Waals surface area contributed by atoms with E-state index in [1.54, 1.807) is 0 Å². The van der Waals surface area contributed by atoms with Crippen molar-refractivity contribution in [3.05, 3.63) is 59.4 Å². The maximum Gasteiger partial charge on any atom is 0.262 e. The highest BCUT2D eigenvalue weighted by molar-refractivity contribution is 7.92. The van der Waals surface area contributed by atoms with Gasteiger partial charge in [0.25, 0.3) is 10.0 Å². The summed E-state index contributed by atoms with van der Waals surface area (Å²) in [6, 6.07) is 5.45. The summed E-state index contributed by atoms with van der Waals surface area (Å²) < 4.78 is 65.8. The summed E-state index contributed by atoms with van der Waals surface area (Å²) in [5.74, 6) is -2.69. The molecule has 0 atom stereocenters. The lowest BCUT2D eigenvalue weighted by Gasteiger charge is -2.12. The third kappa shape index (κ3) is 3.34. The van der Waals surface area contributed by atoms with Gasteiger partial charge in [-0.3, -0.25) is 4.72 Å². The Kier molecular flexibility index (Phi) is 4.19. The first-order chi connectivity index (χ1) is 9.83. The van der Waals surface area contributed by atoms with E-state index in [1.165, 1.54) is 6.07 Å². The minimum atomic E-state index is -4.25. The fourth-order valence-electron chi connectivity index (χ4n) is 1.72. The molecule has 0 saturated heterocycles. The zero-order chi connectivity index (χ0) is 15.6. The molecule has 0 spiro atoms. The summed E-state index contributed by atoms with van der Waals surface area (Å²) in [5, 5.41) is 0. The minimum absolute atomic E-state index is 0.136. The van der Waals surface area contributed by atoms with Crippen LogP contribution in [0.5, 0.6) is 0 Å². The summed E-state index contributed by atoms with van der Waals surface area (Å²) in [6.45, 7) is -0.136. The summed E-state index contributed by atoms with van der Waals surface area (Å²) >= 11 is 0. The lowest BCUT2D eigenvalue weighted by Crippen LogP contribution is -2.17. The number of halogens is 3. The fraction of sp³-hybridized carbons (Fsp3) is 0.0769. The summed E-state index contributed by atoms with van der Waals surface area (Å²) in [6.07, 6.45) is 0. The van der Waals surface area contributed by atoms with E-state index in [0.29, 0.717) is 6.07 Å². The lowest BCUT2D eigenvalue weighted by atomic mass is 10.2. The molecule has 8 heteroatoms. The van der Waals surface area contributed by atoms with Gasteiger partial charge >= 0.3 is 0 Å². The Bertz CT molecular complexity index is 779. The first kappa shape index (κ1) is 15.3. The van der Waals surface area contributed by atoms with Crippen LogP contribution in [0, 0.1) is 17.5 Å². The van der Waals surface area contributed by atoms with Crippen LogP contribution in [0.2, 0.25) is 0 Å². The molecule has 2 aromatic carbocycles. The van der Waals surface area contributed by atoms with Gasteiger partial charge in [0.2, 0.25) is 0 Å². The van der Waals surface area contributed by atoms with Crippen molar-refractivity contribution in [3.63, 3.8) is 0 Å². The molecular weight excluding hydrogens is 305 g/mol. The normalized spacial score (nSPS) is 11.4. The first-order valence-corrected chi connectivity index (χ1v) is 7.28. The van der Waals surface area contributed by atoms with Gasteiger partial charge < -0.3 is 5.73 Å². The van der Waals surface area contributed by atoms with Crippen LogP contribution in [-0.2, 0) is 16.6 Å². The van der Waals surface area contributed by atoms with Crippen LogP contribution in [0.3, 0.4) is 0 Å². The predicted molar refractivity (Wildman–Crippen MR) is 71.5 cm³/mol. The Hall–Kier alpha value is -2.06. The predicted octanol–water partition coefficient (Wildman–Crippen LogP) is 2.36. The molecular formula is C13H11F3N2O2S. The largest absolute Gasteiger partial charge is 0.326 e. The maximum atomic E-state index is 13.5. The van der Waals surface area contributed by atoms with Crippen LogP contribution in [0.4, 0.5) is 18.9 Å². The second-order valence-electron chi connectivity index (χ2n) is 4.19. The van der Waals surface area contributed by atoms with E-state index in [2.05, 4.69) is 0 Å². The Morgan fingerprint density at radius 1 is 1.00 bits per heavy atom. The molecule has 2 rings (SSSR count). The zero-order valence-corrected chi connectivity index (χ0v) is 11.4. The van der Waals surface area contributed by atoms with Crippen molar-refractivity contribution in [2.24, 2.45) is 5.73 Å². The van der Waals surface area contributed by atoms with Crippen molar-refractivity contribution in [3.8, 4) is 0 Å². The quantitative estimate of drug-likeness (QED) is 0.909. The highest BCUT2D eigenvalue weighted by atomic mass is 32.2. The number of anilines is 1. The molecule has 0 aliphatic heterocycles. The molecule has 4 nitrogen and oxygen atoms in total. The van der Waals surface area contributed by atoms with Gasteiger partial charge in [0.15, 0.2) is 0 Å². The second kappa shape index (κ2) is 5.74. The minimum Gasteiger partial charge on any atom is -0.326 e. The fourth-order valence-corrected chi connectivity index (χ4v) is 3.05. The molecule has 3 N–H and O–H groups in total. The molecule has 0 heterocycles. The van der Waals surface area contributed by atoms with Crippen LogP contribution in [-0.4, -0.2) is 8.42 Å². The smallest absolute Gasteiger partial charge is 0.262 e. The Morgan fingerprint density at radius 2 is 1.62 bits per heavy atom. The topological polar surface area (TPSA) is 72.2 Å². The first-order valence-electron chi connectivity index (χ1n) is 5.80. The van der Waals surface area contributed by atoms with Crippen molar-refractivity contribution in [2.45, 2.75) is 11.4 Å². The molecule has 0 amide bonds. The number of rotatable bonds is 4. The molecule has 112 valence electrons. The van der Waals surface area contributed by atoms with E-state index in [0.717, 1.165) is 24.3 Å². The van der Waals surface area contributed by atoms with Gasteiger partial charge in [0.1, 0.15) is 17.5 Å². The Labute approximate surface area is 119 Å². The average Bonchev–Trinajstić information content (AvgIpc) is 2.42. The Balaban J connectivity index is 2.45. The van der Waals surface area contributed by atoms with Gasteiger partial charge in [-0.1, -0.05) is 6.07 Å². The van der Waals surface area contributed by atoms with Gasteiger partial charge in [-0.05, 0) is 29.8 Å². The van der Waals surface area contributed by atoms with Crippen molar-refractivity contribution in [2.75, 3.05) is 4.72 Å². The van der Waals surface area contributed by atoms with E-state index in [1.807, 2.05) is 4.72 Å². The SMILES string of the molecule is NCc1ccc(F)cc1S(=O)(=O)Nc1ccc(F)cc1F. The summed E-state index contributed by atoms with van der Waals surface area (Å²) in [4.78, 5) is -0.395. The van der Waals surface area contributed by atoms with Crippen molar-refractivity contribution in [1.29, 1.82) is 0 Å². The number of nitrogens with one attached hydrogen (secondary N) is 1. The number of benzene rings is 2. The molecule has 2 aromatic rings. The standard InChI is InChI=1S/C13H11F3N2O2S/c14-9-3-4-12(11(16)5-9)18-21(19,20)13-6-10(15)2-1-8(13)7-17/h1-6,18H,7,17H2.